The van der Waals surface area contributed by atoms with Gasteiger partial charge in [-0.3, -0.25) is 0 Å². The fourth-order valence-electron chi connectivity index (χ4n) is 15.6. The molecule has 0 saturated carbocycles. The van der Waals surface area contributed by atoms with Gasteiger partial charge in [-0.25, -0.2) is 19.6 Å². The summed E-state index contributed by atoms with van der Waals surface area (Å²) in [5.74, 6) is 0. The summed E-state index contributed by atoms with van der Waals surface area (Å²) in [6.07, 6.45) is 0. The normalized spacial score (nSPS) is 16.0. The molecule has 0 unspecified atom stereocenters. The van der Waals surface area contributed by atoms with Crippen LogP contribution >= 0.6 is 0 Å². The Hall–Kier alpha value is -7.96. The zero-order valence-electron chi connectivity index (χ0n) is 68.4. The third kappa shape index (κ3) is 14.4. The number of hydrogen-bond donors (Lipinski definition) is 0. The lowest BCUT2D eigenvalue weighted by Crippen LogP contribution is -2.44. The molecule has 544 valence electrons. The van der Waals surface area contributed by atoms with Crippen LogP contribution < -0.4 is 0 Å². The molecule has 4 bridgehead atoms. The van der Waals surface area contributed by atoms with Crippen LogP contribution in [0.1, 0.15) is 300 Å². The number of hydrogen-bond acceptors (Lipinski definition) is 4. The lowest BCUT2D eigenvalue weighted by molar-refractivity contribution is -0.390. The Labute approximate surface area is 627 Å². The third-order valence-corrected chi connectivity index (χ3v) is 22.5. The van der Waals surface area contributed by atoms with Crippen molar-refractivity contribution >= 4 is 0 Å². The highest BCUT2D eigenvalue weighted by Crippen LogP contribution is 2.56. The summed E-state index contributed by atoms with van der Waals surface area (Å²) in [4.78, 5) is 33.9. The highest BCUT2D eigenvalue weighted by Gasteiger charge is 2.53. The summed E-state index contributed by atoms with van der Waals surface area (Å²) >= 11 is 0. The smallest absolute Gasteiger partial charge is 0.179 e. The van der Waals surface area contributed by atoms with Crippen molar-refractivity contribution in [2.45, 2.75) is 260 Å². The van der Waals surface area contributed by atoms with Crippen molar-refractivity contribution in [2.24, 2.45) is 0 Å². The van der Waals surface area contributed by atoms with E-state index in [2.05, 4.69) is 412 Å². The predicted molar refractivity (Wildman–Crippen MR) is 437 cm³/mol. The standard InChI is InChI=1S/C100H120O4/c1-65-61-66(2)86-63-85(65)97(77-45-29-69(30-46-77)89(5,6)7,78-47-31-70(32-48-78)90(8,9)10)101-102-99(81-53-37-73(38-54-81)93(17,18)19,82-55-39-74(40-56-82)94(20,21)22)87-64-88(68(4)62-67(87)3)100(83-57-41-75(42-58-83)95(23,24)25,84-59-43-76(44-60-84)96(26,27)28)104-103-98(86,79-49-33-71(34-50-79)91(11,12)13)80-51-35-72(36-52-80)92(14,15)16/h29-64H,1-28H3. The maximum absolute atomic E-state index is 8.48. The Morgan fingerprint density at radius 1 is 0.163 bits per heavy atom. The molecule has 1 heterocycles. The summed E-state index contributed by atoms with van der Waals surface area (Å²) in [5.41, 5.74) is 16.8. The van der Waals surface area contributed by atoms with Crippen LogP contribution in [0.3, 0.4) is 0 Å². The molecule has 10 aromatic carbocycles. The molecule has 0 spiro atoms. The zero-order valence-corrected chi connectivity index (χ0v) is 68.4. The molecule has 1 aliphatic heterocycles. The Morgan fingerprint density at radius 3 is 0.365 bits per heavy atom. The second kappa shape index (κ2) is 27.1. The molecule has 0 fully saturated rings. The van der Waals surface area contributed by atoms with E-state index in [1.807, 2.05) is 0 Å². The van der Waals surface area contributed by atoms with Gasteiger partial charge in [0.05, 0.1) is 0 Å². The maximum atomic E-state index is 8.48. The Kier molecular flexibility index (Phi) is 20.1. The van der Waals surface area contributed by atoms with Gasteiger partial charge in [0.2, 0.25) is 0 Å². The minimum Gasteiger partial charge on any atom is -0.214 e. The average molecular weight is 1390 g/mol. The Balaban J connectivity index is 1.44. The molecule has 0 aliphatic carbocycles. The Bertz CT molecular complexity index is 3850. The van der Waals surface area contributed by atoms with Gasteiger partial charge in [-0.1, -0.05) is 372 Å². The van der Waals surface area contributed by atoms with Gasteiger partial charge in [0.1, 0.15) is 0 Å². The number of aryl methyl sites for hydroxylation is 4. The molecule has 0 radical (unpaired) electrons. The van der Waals surface area contributed by atoms with Crippen LogP contribution in [-0.4, -0.2) is 0 Å². The van der Waals surface area contributed by atoms with E-state index in [0.29, 0.717) is 0 Å². The molecule has 4 nitrogen and oxygen atoms in total. The van der Waals surface area contributed by atoms with E-state index >= 15 is 0 Å². The quantitative estimate of drug-likeness (QED) is 0.142. The minimum atomic E-state index is -1.53. The zero-order chi connectivity index (χ0) is 76.1. The second-order valence-corrected chi connectivity index (χ2v) is 38.6. The van der Waals surface area contributed by atoms with Crippen molar-refractivity contribution in [2.75, 3.05) is 0 Å². The first-order valence-electron chi connectivity index (χ1n) is 38.0. The molecule has 0 saturated heterocycles. The van der Waals surface area contributed by atoms with Gasteiger partial charge in [-0.05, 0) is 217 Å². The molecule has 0 aromatic heterocycles. The van der Waals surface area contributed by atoms with Crippen LogP contribution in [0, 0.1) is 27.7 Å². The van der Waals surface area contributed by atoms with Crippen molar-refractivity contribution in [1.29, 1.82) is 0 Å². The first-order chi connectivity index (χ1) is 48.2. The lowest BCUT2D eigenvalue weighted by atomic mass is 9.71. The van der Waals surface area contributed by atoms with Crippen molar-refractivity contribution in [3.63, 3.8) is 0 Å². The van der Waals surface area contributed by atoms with Gasteiger partial charge >= 0.3 is 0 Å². The predicted octanol–water partition coefficient (Wildman–Crippen LogP) is 26.1. The Morgan fingerprint density at radius 2 is 0.269 bits per heavy atom. The maximum Gasteiger partial charge on any atom is 0.179 e. The van der Waals surface area contributed by atoms with E-state index in [4.69, 9.17) is 19.6 Å². The lowest BCUT2D eigenvalue weighted by Gasteiger charge is -2.45. The number of benzene rings is 10. The number of rotatable bonds is 8. The van der Waals surface area contributed by atoms with Crippen LogP contribution in [0.5, 0.6) is 0 Å². The van der Waals surface area contributed by atoms with Crippen LogP contribution in [0.2, 0.25) is 0 Å². The van der Waals surface area contributed by atoms with Gasteiger partial charge in [0.15, 0.2) is 22.4 Å². The van der Waals surface area contributed by atoms with E-state index in [9.17, 15) is 0 Å². The van der Waals surface area contributed by atoms with Crippen molar-refractivity contribution in [3.8, 4) is 0 Å². The summed E-state index contributed by atoms with van der Waals surface area (Å²) < 4.78 is 0. The van der Waals surface area contributed by atoms with E-state index in [-0.39, 0.29) is 43.3 Å². The van der Waals surface area contributed by atoms with Crippen molar-refractivity contribution in [3.05, 3.63) is 352 Å². The first kappa shape index (κ1) is 77.1. The van der Waals surface area contributed by atoms with Crippen LogP contribution in [0.4, 0.5) is 0 Å². The highest BCUT2D eigenvalue weighted by atomic mass is 17.2. The molecule has 10 aromatic rings. The topological polar surface area (TPSA) is 36.9 Å². The minimum absolute atomic E-state index is 0.164. The SMILES string of the molecule is Cc1cc(C)c2cc1C(c1ccc(C(C)(C)C)cc1)(c1ccc(C(C)(C)C)cc1)OOC(c1ccc(C(C)(C)C)cc1)(c1ccc(C(C)(C)C)cc1)c1cc(c(C)cc1C)C(c1ccc(C(C)(C)C)cc1)(c1ccc(C(C)(C)C)cc1)OOC2(c1ccc(C(C)(C)C)cc1)c1ccc(C(C)(C)C)cc1. The molecule has 0 atom stereocenters. The number of fused-ring (bicyclic) bond motifs is 4. The van der Waals surface area contributed by atoms with Crippen LogP contribution in [-0.2, 0) is 85.3 Å². The molecule has 0 N–H and O–H groups in total. The van der Waals surface area contributed by atoms with Crippen LogP contribution in [0.15, 0.2) is 218 Å². The van der Waals surface area contributed by atoms with Gasteiger partial charge in [0, 0.05) is 0 Å². The van der Waals surface area contributed by atoms with Gasteiger partial charge < -0.3 is 0 Å². The van der Waals surface area contributed by atoms with E-state index in [1.165, 1.54) is 44.5 Å². The van der Waals surface area contributed by atoms with Crippen molar-refractivity contribution in [1.82, 2.24) is 0 Å². The van der Waals surface area contributed by atoms with E-state index < -0.39 is 22.4 Å². The summed E-state index contributed by atoms with van der Waals surface area (Å²) in [7, 11) is 0. The van der Waals surface area contributed by atoms with Gasteiger partial charge in [-0.2, -0.15) is 0 Å². The molecule has 1 aliphatic rings. The largest absolute Gasteiger partial charge is 0.214 e. The highest BCUT2D eigenvalue weighted by molar-refractivity contribution is 5.63. The third-order valence-electron chi connectivity index (χ3n) is 22.5. The summed E-state index contributed by atoms with van der Waals surface area (Å²) in [5, 5.41) is 0. The summed E-state index contributed by atoms with van der Waals surface area (Å²) in [6.45, 7) is 63.7. The molecule has 0 amide bonds. The molecular weight excluding hydrogens is 1270 g/mol. The fourth-order valence-corrected chi connectivity index (χ4v) is 15.6. The van der Waals surface area contributed by atoms with Gasteiger partial charge in [0.25, 0.3) is 0 Å². The summed E-state index contributed by atoms with van der Waals surface area (Å²) in [6, 6.07) is 82.6. The molecule has 11 rings (SSSR count). The monoisotopic (exact) mass is 1380 g/mol. The molecule has 104 heavy (non-hydrogen) atoms. The van der Waals surface area contributed by atoms with Gasteiger partial charge in [-0.15, -0.1) is 0 Å². The van der Waals surface area contributed by atoms with E-state index in [1.54, 1.807) is 0 Å². The first-order valence-corrected chi connectivity index (χ1v) is 38.0. The molecular formula is C100H120O4. The second-order valence-electron chi connectivity index (χ2n) is 38.6. The van der Waals surface area contributed by atoms with Crippen molar-refractivity contribution < 1.29 is 19.6 Å². The van der Waals surface area contributed by atoms with E-state index in [0.717, 1.165) is 89.0 Å². The fraction of sp³-hybridized carbons (Fsp3) is 0.400. The average Bonchev–Trinajstić information content (AvgIpc) is 0.707. The van der Waals surface area contributed by atoms with Crippen LogP contribution in [0.25, 0.3) is 0 Å². The molecule has 4 heteroatoms.